The molecule has 1 N–H and O–H groups in total. The lowest BCUT2D eigenvalue weighted by Gasteiger charge is -2.19. The van der Waals surface area contributed by atoms with Gasteiger partial charge in [-0.05, 0) is 31.2 Å². The Morgan fingerprint density at radius 1 is 1.18 bits per heavy atom. The number of benzene rings is 1. The minimum atomic E-state index is -4.29. The quantitative estimate of drug-likeness (QED) is 0.584. The number of hydrogen-bond acceptors (Lipinski definition) is 4. The number of alkyl halides is 3. The molecule has 2 aromatic rings. The number of carbonyl (C=O) groups is 1. The van der Waals surface area contributed by atoms with Crippen LogP contribution in [-0.4, -0.2) is 27.5 Å². The third kappa shape index (κ3) is 5.37. The zero-order valence-corrected chi connectivity index (χ0v) is 15.9. The van der Waals surface area contributed by atoms with Crippen LogP contribution in [0.5, 0.6) is 0 Å². The first-order valence-corrected chi connectivity index (χ1v) is 10.0. The van der Waals surface area contributed by atoms with Crippen LogP contribution in [0.4, 0.5) is 13.2 Å². The first-order chi connectivity index (χ1) is 13.3. The van der Waals surface area contributed by atoms with Gasteiger partial charge >= 0.3 is 6.18 Å². The maximum atomic E-state index is 12.9. The lowest BCUT2D eigenvalue weighted by molar-refractivity contribution is -0.129. The summed E-state index contributed by atoms with van der Waals surface area (Å²) in [4.78, 5) is 29.7. The van der Waals surface area contributed by atoms with Gasteiger partial charge in [0.2, 0.25) is 5.91 Å². The molecule has 0 saturated heterocycles. The number of thioether (sulfide) groups is 1. The fourth-order valence-electron chi connectivity index (χ4n) is 3.03. The summed E-state index contributed by atoms with van der Waals surface area (Å²) in [5, 5.41) is 0.0938. The number of rotatable bonds is 6. The maximum Gasteiger partial charge on any atom is 0.389 e. The largest absolute Gasteiger partial charge is 0.389 e. The van der Waals surface area contributed by atoms with E-state index in [9.17, 15) is 22.8 Å². The van der Waals surface area contributed by atoms with E-state index in [1.54, 1.807) is 24.3 Å². The Kier molecular flexibility index (Phi) is 6.43. The van der Waals surface area contributed by atoms with Crippen LogP contribution in [0.25, 0.3) is 0 Å². The summed E-state index contributed by atoms with van der Waals surface area (Å²) in [6.07, 6.45) is -2.32. The summed E-state index contributed by atoms with van der Waals surface area (Å²) in [6, 6.07) is 8.99. The van der Waals surface area contributed by atoms with E-state index in [0.717, 1.165) is 34.8 Å². The Hall–Kier alpha value is -2.29. The van der Waals surface area contributed by atoms with Gasteiger partial charge in [-0.25, -0.2) is 4.98 Å². The van der Waals surface area contributed by atoms with Crippen LogP contribution in [0.3, 0.4) is 0 Å². The number of carbonyl (C=O) groups excluding carboxylic acids is 1. The van der Waals surface area contributed by atoms with Crippen molar-refractivity contribution in [3.63, 3.8) is 0 Å². The second-order valence-electron chi connectivity index (χ2n) is 6.58. The summed E-state index contributed by atoms with van der Waals surface area (Å²) in [7, 11) is 0. The minimum absolute atomic E-state index is 0.0526. The highest BCUT2D eigenvalue weighted by Crippen LogP contribution is 2.26. The van der Waals surface area contributed by atoms with E-state index in [1.165, 1.54) is 0 Å². The molecule has 0 bridgehead atoms. The molecular formula is C19H20F3N3O2S. The van der Waals surface area contributed by atoms with Gasteiger partial charge in [-0.15, -0.1) is 0 Å². The molecule has 1 amide bonds. The van der Waals surface area contributed by atoms with E-state index >= 15 is 0 Å². The summed E-state index contributed by atoms with van der Waals surface area (Å²) >= 11 is 0.826. The number of amides is 1. The topological polar surface area (TPSA) is 64.0 Å². The number of aryl methyl sites for hydroxylation is 1. The summed E-state index contributed by atoms with van der Waals surface area (Å²) in [5.41, 5.74) is 4.05. The molecule has 0 atom stereocenters. The molecule has 9 heteroatoms. The van der Waals surface area contributed by atoms with Crippen molar-refractivity contribution < 1.29 is 18.0 Å². The van der Waals surface area contributed by atoms with Crippen LogP contribution in [0.1, 0.15) is 36.1 Å². The van der Waals surface area contributed by atoms with Gasteiger partial charge in [0.05, 0.1) is 18.5 Å². The number of hydrogen-bond donors (Lipinski definition) is 1. The molecule has 0 fully saturated rings. The number of fused-ring (bicyclic) bond motifs is 1. The zero-order valence-electron chi connectivity index (χ0n) is 15.1. The van der Waals surface area contributed by atoms with E-state index < -0.39 is 24.1 Å². The van der Waals surface area contributed by atoms with Crippen molar-refractivity contribution in [1.29, 1.82) is 0 Å². The summed E-state index contributed by atoms with van der Waals surface area (Å²) in [6.45, 7) is 0. The molecule has 150 valence electrons. The first-order valence-electron chi connectivity index (χ1n) is 9.01. The predicted octanol–water partition coefficient (Wildman–Crippen LogP) is 3.48. The number of halogens is 3. The fraction of sp³-hybridized carbons (Fsp3) is 0.421. The molecule has 28 heavy (non-hydrogen) atoms. The van der Waals surface area contributed by atoms with Crippen molar-refractivity contribution in [2.45, 2.75) is 49.9 Å². The monoisotopic (exact) mass is 411 g/mol. The third-order valence-corrected chi connectivity index (χ3v) is 5.32. The van der Waals surface area contributed by atoms with Gasteiger partial charge in [0.15, 0.2) is 5.16 Å². The number of nitrogens with one attached hydrogen (secondary N) is 1. The highest BCUT2D eigenvalue weighted by molar-refractivity contribution is 7.99. The molecule has 0 saturated carbocycles. The Morgan fingerprint density at radius 2 is 1.89 bits per heavy atom. The van der Waals surface area contributed by atoms with E-state index in [1.807, 2.05) is 6.07 Å². The fourth-order valence-corrected chi connectivity index (χ4v) is 3.98. The molecule has 1 aromatic heterocycles. The van der Waals surface area contributed by atoms with E-state index in [-0.39, 0.29) is 17.3 Å². The van der Waals surface area contributed by atoms with Crippen molar-refractivity contribution in [3.8, 4) is 0 Å². The maximum absolute atomic E-state index is 12.9. The molecule has 0 radical (unpaired) electrons. The number of aromatic nitrogens is 2. The number of nitrogens with zero attached hydrogens (tertiary/aromatic N) is 2. The van der Waals surface area contributed by atoms with Gasteiger partial charge in [-0.2, -0.15) is 17.8 Å². The molecular weight excluding hydrogens is 391 g/mol. The van der Waals surface area contributed by atoms with Crippen LogP contribution in [0.2, 0.25) is 0 Å². The standard InChI is InChI=1S/C19H20F3N3O2S/c20-19(21,22)10-11-28-18-23-15-9-5-4-8-14(15)17(27)25(18)24-16(26)12-13-6-2-1-3-7-13/h1-3,6-7H,4-5,8-12H2,(H,24,26). The predicted molar refractivity (Wildman–Crippen MR) is 101 cm³/mol. The van der Waals surface area contributed by atoms with Gasteiger partial charge in [0.25, 0.3) is 5.56 Å². The van der Waals surface area contributed by atoms with Gasteiger partial charge < -0.3 is 0 Å². The first kappa shape index (κ1) is 20.4. The molecule has 1 heterocycles. The molecule has 3 rings (SSSR count). The molecule has 0 aliphatic heterocycles. The van der Waals surface area contributed by atoms with E-state index in [2.05, 4.69) is 10.4 Å². The van der Waals surface area contributed by atoms with Gasteiger partial charge in [-0.1, -0.05) is 42.1 Å². The smallest absolute Gasteiger partial charge is 0.273 e. The van der Waals surface area contributed by atoms with E-state index in [0.29, 0.717) is 24.1 Å². The van der Waals surface area contributed by atoms with Crippen LogP contribution in [0.15, 0.2) is 40.3 Å². The molecule has 1 aliphatic carbocycles. The van der Waals surface area contributed by atoms with Gasteiger partial charge in [0.1, 0.15) is 0 Å². The van der Waals surface area contributed by atoms with Crippen molar-refractivity contribution in [1.82, 2.24) is 9.66 Å². The summed E-state index contributed by atoms with van der Waals surface area (Å²) < 4.78 is 38.5. The third-order valence-electron chi connectivity index (χ3n) is 4.38. The van der Waals surface area contributed by atoms with Crippen molar-refractivity contribution in [3.05, 3.63) is 57.5 Å². The zero-order chi connectivity index (χ0) is 20.1. The molecule has 0 unspecified atom stereocenters. The van der Waals surface area contributed by atoms with Crippen LogP contribution < -0.4 is 11.0 Å². The SMILES string of the molecule is O=C(Cc1ccccc1)Nn1c(SCCC(F)(F)F)nc2c(c1=O)CCCC2. The molecule has 1 aliphatic rings. The lowest BCUT2D eigenvalue weighted by atomic mass is 9.97. The minimum Gasteiger partial charge on any atom is -0.273 e. The molecule has 1 aromatic carbocycles. The van der Waals surface area contributed by atoms with Crippen molar-refractivity contribution in [2.24, 2.45) is 0 Å². The average Bonchev–Trinajstić information content (AvgIpc) is 2.64. The molecule has 0 spiro atoms. The van der Waals surface area contributed by atoms with Gasteiger partial charge in [-0.3, -0.25) is 15.0 Å². The Balaban J connectivity index is 1.84. The average molecular weight is 411 g/mol. The van der Waals surface area contributed by atoms with Crippen LogP contribution in [0, 0.1) is 0 Å². The normalized spacial score (nSPS) is 13.8. The Bertz CT molecular complexity index is 898. The van der Waals surface area contributed by atoms with Gasteiger partial charge in [0, 0.05) is 11.3 Å². The van der Waals surface area contributed by atoms with Crippen molar-refractivity contribution >= 4 is 17.7 Å². The van der Waals surface area contributed by atoms with E-state index in [4.69, 9.17) is 0 Å². The second kappa shape index (κ2) is 8.81. The highest BCUT2D eigenvalue weighted by Gasteiger charge is 2.27. The summed E-state index contributed by atoms with van der Waals surface area (Å²) in [5.74, 6) is -0.702. The lowest BCUT2D eigenvalue weighted by Crippen LogP contribution is -2.39. The highest BCUT2D eigenvalue weighted by atomic mass is 32.2. The Morgan fingerprint density at radius 3 is 2.61 bits per heavy atom. The van der Waals surface area contributed by atoms with Crippen LogP contribution in [-0.2, 0) is 24.1 Å². The Labute approximate surface area is 164 Å². The second-order valence-corrected chi connectivity index (χ2v) is 7.64. The van der Waals surface area contributed by atoms with Crippen molar-refractivity contribution in [2.75, 3.05) is 11.2 Å². The molecule has 5 nitrogen and oxygen atoms in total. The van der Waals surface area contributed by atoms with Crippen LogP contribution >= 0.6 is 11.8 Å².